The molecule has 0 heterocycles. The molecule has 0 aromatic heterocycles. The van der Waals surface area contributed by atoms with Crippen LogP contribution >= 0.6 is 23.4 Å². The fraction of sp³-hybridized carbons (Fsp3) is 0.364. The second kappa shape index (κ2) is 6.60. The van der Waals surface area contributed by atoms with Gasteiger partial charge in [-0.1, -0.05) is 11.6 Å². The molecule has 0 radical (unpaired) electrons. The molecule has 15 heavy (non-hydrogen) atoms. The number of nitriles is 1. The van der Waals surface area contributed by atoms with E-state index in [0.717, 1.165) is 24.4 Å². The van der Waals surface area contributed by atoms with Gasteiger partial charge in [-0.25, -0.2) is 0 Å². The smallest absolute Gasteiger partial charge is 0.101 e. The summed E-state index contributed by atoms with van der Waals surface area (Å²) < 4.78 is 0. The first-order valence-corrected chi connectivity index (χ1v) is 6.47. The lowest BCUT2D eigenvalue weighted by Crippen LogP contribution is -2.02. The average Bonchev–Trinajstić information content (AvgIpc) is 2.25. The quantitative estimate of drug-likeness (QED) is 0.802. The molecule has 0 saturated carbocycles. The number of anilines is 1. The minimum atomic E-state index is 0.507. The van der Waals surface area contributed by atoms with Gasteiger partial charge in [0.25, 0.3) is 0 Å². The summed E-state index contributed by atoms with van der Waals surface area (Å²) in [6.07, 6.45) is 3.22. The van der Waals surface area contributed by atoms with Crippen molar-refractivity contribution >= 4 is 29.1 Å². The Morgan fingerprint density at radius 1 is 1.53 bits per heavy atom. The zero-order valence-electron chi connectivity index (χ0n) is 8.59. The summed E-state index contributed by atoms with van der Waals surface area (Å²) in [5.41, 5.74) is 1.49. The van der Waals surface area contributed by atoms with E-state index >= 15 is 0 Å². The highest BCUT2D eigenvalue weighted by Crippen LogP contribution is 2.20. The van der Waals surface area contributed by atoms with Crippen molar-refractivity contribution in [3.8, 4) is 6.07 Å². The maximum atomic E-state index is 8.70. The molecule has 0 atom stereocenters. The topological polar surface area (TPSA) is 35.8 Å². The number of hydrogen-bond acceptors (Lipinski definition) is 3. The van der Waals surface area contributed by atoms with E-state index in [1.165, 1.54) is 0 Å². The van der Waals surface area contributed by atoms with E-state index in [1.807, 2.05) is 23.9 Å². The Labute approximate surface area is 99.6 Å². The van der Waals surface area contributed by atoms with E-state index in [-0.39, 0.29) is 0 Å². The summed E-state index contributed by atoms with van der Waals surface area (Å²) in [4.78, 5) is 0. The third-order valence-corrected chi connectivity index (χ3v) is 2.95. The Kier molecular flexibility index (Phi) is 5.38. The minimum Gasteiger partial charge on any atom is -0.385 e. The molecule has 1 rings (SSSR count). The molecule has 0 aliphatic carbocycles. The van der Waals surface area contributed by atoms with Crippen molar-refractivity contribution in [2.45, 2.75) is 6.42 Å². The molecular formula is C11H13ClN2S. The van der Waals surface area contributed by atoms with E-state index in [0.29, 0.717) is 10.6 Å². The normalized spacial score (nSPS) is 9.67. The third kappa shape index (κ3) is 4.03. The highest BCUT2D eigenvalue weighted by molar-refractivity contribution is 7.98. The summed E-state index contributed by atoms with van der Waals surface area (Å²) in [6.45, 7) is 0.934. The van der Waals surface area contributed by atoms with Crippen molar-refractivity contribution in [2.75, 3.05) is 23.9 Å². The van der Waals surface area contributed by atoms with Crippen LogP contribution in [0.3, 0.4) is 0 Å². The first-order valence-electron chi connectivity index (χ1n) is 4.70. The monoisotopic (exact) mass is 240 g/mol. The van der Waals surface area contributed by atoms with E-state index < -0.39 is 0 Å². The van der Waals surface area contributed by atoms with Crippen LogP contribution in [0.15, 0.2) is 18.2 Å². The lowest BCUT2D eigenvalue weighted by atomic mass is 10.2. The maximum absolute atomic E-state index is 8.70. The predicted octanol–water partition coefficient (Wildman–Crippen LogP) is 3.38. The summed E-state index contributed by atoms with van der Waals surface area (Å²) in [6, 6.07) is 7.44. The first kappa shape index (κ1) is 12.2. The van der Waals surface area contributed by atoms with Gasteiger partial charge >= 0.3 is 0 Å². The Balaban J connectivity index is 2.49. The van der Waals surface area contributed by atoms with Gasteiger partial charge in [-0.05, 0) is 36.6 Å². The lowest BCUT2D eigenvalue weighted by molar-refractivity contribution is 0.993. The van der Waals surface area contributed by atoms with E-state index in [1.54, 1.807) is 12.1 Å². The minimum absolute atomic E-state index is 0.507. The van der Waals surface area contributed by atoms with Crippen LogP contribution < -0.4 is 5.32 Å². The standard InChI is InChI=1S/C11H13ClN2S/c1-15-6-2-5-14-10-4-3-9(8-13)11(12)7-10/h3-4,7,14H,2,5-6H2,1H3. The molecule has 80 valence electrons. The molecule has 2 nitrogen and oxygen atoms in total. The third-order valence-electron chi connectivity index (χ3n) is 1.94. The largest absolute Gasteiger partial charge is 0.385 e. The van der Waals surface area contributed by atoms with E-state index in [2.05, 4.69) is 11.6 Å². The van der Waals surface area contributed by atoms with Gasteiger partial charge in [0.1, 0.15) is 6.07 Å². The van der Waals surface area contributed by atoms with Gasteiger partial charge < -0.3 is 5.32 Å². The van der Waals surface area contributed by atoms with Gasteiger partial charge in [-0.15, -0.1) is 0 Å². The fourth-order valence-electron chi connectivity index (χ4n) is 1.16. The summed E-state index contributed by atoms with van der Waals surface area (Å²) in [7, 11) is 0. The maximum Gasteiger partial charge on any atom is 0.101 e. The van der Waals surface area contributed by atoms with Gasteiger partial charge in [0.15, 0.2) is 0 Å². The van der Waals surface area contributed by atoms with Crippen LogP contribution in [-0.4, -0.2) is 18.6 Å². The van der Waals surface area contributed by atoms with Crippen molar-refractivity contribution in [3.05, 3.63) is 28.8 Å². The fourth-order valence-corrected chi connectivity index (χ4v) is 1.82. The van der Waals surface area contributed by atoms with Gasteiger partial charge in [-0.3, -0.25) is 0 Å². The second-order valence-corrected chi connectivity index (χ2v) is 4.47. The first-order chi connectivity index (χ1) is 7.27. The van der Waals surface area contributed by atoms with Crippen LogP contribution in [0.25, 0.3) is 0 Å². The molecule has 1 aromatic carbocycles. The van der Waals surface area contributed by atoms with Crippen molar-refractivity contribution in [2.24, 2.45) is 0 Å². The number of benzene rings is 1. The summed E-state index contributed by atoms with van der Waals surface area (Å²) in [5.74, 6) is 1.15. The van der Waals surface area contributed by atoms with Crippen LogP contribution in [0.2, 0.25) is 5.02 Å². The summed E-state index contributed by atoms with van der Waals surface area (Å²) >= 11 is 7.74. The number of halogens is 1. The Morgan fingerprint density at radius 2 is 2.33 bits per heavy atom. The zero-order valence-corrected chi connectivity index (χ0v) is 10.2. The Hall–Kier alpha value is -0.850. The molecule has 0 fully saturated rings. The SMILES string of the molecule is CSCCCNc1ccc(C#N)c(Cl)c1. The molecule has 4 heteroatoms. The Morgan fingerprint density at radius 3 is 2.93 bits per heavy atom. The number of rotatable bonds is 5. The van der Waals surface area contributed by atoms with Crippen molar-refractivity contribution in [3.63, 3.8) is 0 Å². The van der Waals surface area contributed by atoms with Crippen LogP contribution in [0.1, 0.15) is 12.0 Å². The van der Waals surface area contributed by atoms with Gasteiger partial charge in [0.2, 0.25) is 0 Å². The Bertz CT molecular complexity index is 360. The van der Waals surface area contributed by atoms with E-state index in [4.69, 9.17) is 16.9 Å². The molecule has 0 aliphatic rings. The van der Waals surface area contributed by atoms with E-state index in [9.17, 15) is 0 Å². The lowest BCUT2D eigenvalue weighted by Gasteiger charge is -2.06. The highest BCUT2D eigenvalue weighted by Gasteiger charge is 1.99. The van der Waals surface area contributed by atoms with Crippen molar-refractivity contribution < 1.29 is 0 Å². The summed E-state index contributed by atoms with van der Waals surface area (Å²) in [5, 5.41) is 12.5. The average molecular weight is 241 g/mol. The molecule has 0 saturated heterocycles. The highest BCUT2D eigenvalue weighted by atomic mass is 35.5. The van der Waals surface area contributed by atoms with Crippen molar-refractivity contribution in [1.29, 1.82) is 5.26 Å². The number of nitrogens with zero attached hydrogens (tertiary/aromatic N) is 1. The number of nitrogens with one attached hydrogen (secondary N) is 1. The molecule has 0 amide bonds. The molecule has 1 N–H and O–H groups in total. The van der Waals surface area contributed by atoms with Crippen LogP contribution in [0.5, 0.6) is 0 Å². The molecule has 0 spiro atoms. The number of hydrogen-bond donors (Lipinski definition) is 1. The van der Waals surface area contributed by atoms with Crippen LogP contribution in [-0.2, 0) is 0 Å². The van der Waals surface area contributed by atoms with Gasteiger partial charge in [0.05, 0.1) is 10.6 Å². The molecule has 1 aromatic rings. The van der Waals surface area contributed by atoms with Crippen LogP contribution in [0, 0.1) is 11.3 Å². The molecular weight excluding hydrogens is 228 g/mol. The van der Waals surface area contributed by atoms with Crippen LogP contribution in [0.4, 0.5) is 5.69 Å². The molecule has 0 unspecified atom stereocenters. The number of thioether (sulfide) groups is 1. The van der Waals surface area contributed by atoms with Gasteiger partial charge in [-0.2, -0.15) is 17.0 Å². The zero-order chi connectivity index (χ0) is 11.1. The van der Waals surface area contributed by atoms with Gasteiger partial charge in [0, 0.05) is 12.2 Å². The molecule has 0 bridgehead atoms. The molecule has 0 aliphatic heterocycles. The second-order valence-electron chi connectivity index (χ2n) is 3.08. The van der Waals surface area contributed by atoms with Crippen molar-refractivity contribution in [1.82, 2.24) is 0 Å². The predicted molar refractivity (Wildman–Crippen MR) is 67.7 cm³/mol.